The Morgan fingerprint density at radius 1 is 1.04 bits per heavy atom. The van der Waals surface area contributed by atoms with Crippen molar-refractivity contribution < 1.29 is 19.4 Å². The van der Waals surface area contributed by atoms with Crippen LogP contribution in [0.4, 0.5) is 5.13 Å². The highest BCUT2D eigenvalue weighted by Gasteiger charge is 2.47. The molecule has 1 amide bonds. The van der Waals surface area contributed by atoms with Crippen LogP contribution in [0, 0.1) is 19.8 Å². The number of carbonyl (C=O) groups is 2. The van der Waals surface area contributed by atoms with E-state index in [0.717, 1.165) is 11.4 Å². The second-order valence-electron chi connectivity index (χ2n) is 11.2. The van der Waals surface area contributed by atoms with Gasteiger partial charge in [-0.1, -0.05) is 91.5 Å². The number of hydrogen-bond donors (Lipinski definition) is 1. The number of hydrogen-bond acceptors (Lipinski definition) is 10. The summed E-state index contributed by atoms with van der Waals surface area (Å²) < 4.78 is 6.69. The van der Waals surface area contributed by atoms with Gasteiger partial charge in [0.25, 0.3) is 5.91 Å². The molecule has 0 fully saturated rings. The average molecular weight is 657 g/mol. The number of anilines is 1. The molecule has 1 aliphatic heterocycles. The molecule has 0 aliphatic carbocycles. The lowest BCUT2D eigenvalue weighted by Gasteiger charge is -2.24. The van der Waals surface area contributed by atoms with E-state index in [1.807, 2.05) is 49.4 Å². The standard InChI is InChI=1S/C34H32N4O4S3/c1-19(2)15-16-42-25-13-8-11-23(17-25)28-27(29(39)31-20(3)35-21(4)44-31)30(40)32(41)38(28)33-36-37-34(45-33)43-18-24-12-7-10-22-9-5-6-14-26(22)24/h5-14,17,19,28,40H,15-16,18H2,1-4H3. The van der Waals surface area contributed by atoms with Crippen molar-refractivity contribution in [2.24, 2.45) is 5.92 Å². The summed E-state index contributed by atoms with van der Waals surface area (Å²) in [5, 5.41) is 23.4. The molecule has 1 aliphatic rings. The first-order chi connectivity index (χ1) is 21.7. The van der Waals surface area contributed by atoms with Crippen LogP contribution in [0.25, 0.3) is 10.8 Å². The Kier molecular flexibility index (Phi) is 9.02. The number of nitrogens with zero attached hydrogens (tertiary/aromatic N) is 4. The summed E-state index contributed by atoms with van der Waals surface area (Å²) in [5.41, 5.74) is 2.34. The molecule has 3 aromatic carbocycles. The van der Waals surface area contributed by atoms with E-state index in [1.54, 1.807) is 6.92 Å². The number of fused-ring (bicyclic) bond motifs is 1. The predicted octanol–water partition coefficient (Wildman–Crippen LogP) is 8.26. The molecule has 3 heterocycles. The van der Waals surface area contributed by atoms with Gasteiger partial charge >= 0.3 is 0 Å². The lowest BCUT2D eigenvalue weighted by molar-refractivity contribution is -0.117. The number of rotatable bonds is 11. The second kappa shape index (κ2) is 13.1. The van der Waals surface area contributed by atoms with Crippen LogP contribution in [-0.4, -0.2) is 38.6 Å². The van der Waals surface area contributed by atoms with Gasteiger partial charge in [0, 0.05) is 5.75 Å². The average Bonchev–Trinajstić information content (AvgIpc) is 3.70. The van der Waals surface area contributed by atoms with E-state index in [1.165, 1.54) is 55.7 Å². The van der Waals surface area contributed by atoms with Gasteiger partial charge in [-0.3, -0.25) is 14.5 Å². The van der Waals surface area contributed by atoms with Crippen molar-refractivity contribution in [3.05, 3.63) is 105 Å². The van der Waals surface area contributed by atoms with Gasteiger partial charge in [0.05, 0.1) is 33.8 Å². The third-order valence-electron chi connectivity index (χ3n) is 7.53. The summed E-state index contributed by atoms with van der Waals surface area (Å²) in [7, 11) is 0. The molecule has 8 nitrogen and oxygen atoms in total. The van der Waals surface area contributed by atoms with E-state index in [-0.39, 0.29) is 5.57 Å². The van der Waals surface area contributed by atoms with Crippen LogP contribution in [-0.2, 0) is 10.5 Å². The van der Waals surface area contributed by atoms with Crippen molar-refractivity contribution in [3.8, 4) is 5.75 Å². The molecule has 0 saturated carbocycles. The number of amides is 1. The Morgan fingerprint density at radius 2 is 1.82 bits per heavy atom. The minimum atomic E-state index is -0.927. The van der Waals surface area contributed by atoms with Gasteiger partial charge in [0.2, 0.25) is 10.9 Å². The SMILES string of the molecule is Cc1nc(C)c(C(=O)C2=C(O)C(=O)N(c3nnc(SCc4cccc5ccccc45)s3)C2c2cccc(OCCC(C)C)c2)s1. The zero-order valence-corrected chi connectivity index (χ0v) is 27.8. The number of ether oxygens (including phenoxy) is 1. The highest BCUT2D eigenvalue weighted by molar-refractivity contribution is 8.00. The summed E-state index contributed by atoms with van der Waals surface area (Å²) in [5.74, 6) is 0.0402. The Balaban J connectivity index is 1.34. The molecule has 0 radical (unpaired) electrons. The van der Waals surface area contributed by atoms with Gasteiger partial charge in [-0.2, -0.15) is 0 Å². The third-order valence-corrected chi connectivity index (χ3v) is 10.7. The minimum absolute atomic E-state index is 0.00811. The van der Waals surface area contributed by atoms with Crippen molar-refractivity contribution in [3.63, 3.8) is 0 Å². The molecule has 1 N–H and O–H groups in total. The highest BCUT2D eigenvalue weighted by atomic mass is 32.2. The fourth-order valence-corrected chi connectivity index (χ4v) is 8.06. The molecule has 5 aromatic rings. The maximum Gasteiger partial charge on any atom is 0.296 e. The Hall–Kier alpha value is -4.06. The minimum Gasteiger partial charge on any atom is -0.503 e. The quantitative estimate of drug-likeness (QED) is 0.0861. The molecule has 0 bridgehead atoms. The first-order valence-corrected chi connectivity index (χ1v) is 17.2. The van der Waals surface area contributed by atoms with E-state index < -0.39 is 23.5 Å². The van der Waals surface area contributed by atoms with Crippen molar-refractivity contribution >= 4 is 62.0 Å². The molecular formula is C34H32N4O4S3. The van der Waals surface area contributed by atoms with Gasteiger partial charge in [0.15, 0.2) is 10.1 Å². The topological polar surface area (TPSA) is 106 Å². The summed E-state index contributed by atoms with van der Waals surface area (Å²) in [6.45, 7) is 8.38. The Labute approximate surface area is 273 Å². The van der Waals surface area contributed by atoms with Gasteiger partial charge in [-0.25, -0.2) is 4.98 Å². The number of thioether (sulfide) groups is 1. The first kappa shape index (κ1) is 30.9. The predicted molar refractivity (Wildman–Crippen MR) is 181 cm³/mol. The van der Waals surface area contributed by atoms with E-state index in [2.05, 4.69) is 53.3 Å². The number of aliphatic hydroxyl groups excluding tert-OH is 1. The van der Waals surface area contributed by atoms with Crippen LogP contribution in [0.1, 0.15) is 57.8 Å². The summed E-state index contributed by atoms with van der Waals surface area (Å²) in [6, 6.07) is 20.8. The van der Waals surface area contributed by atoms with Crippen molar-refractivity contribution in [2.45, 2.75) is 50.3 Å². The zero-order valence-electron chi connectivity index (χ0n) is 25.3. The van der Waals surface area contributed by atoms with Crippen LogP contribution in [0.2, 0.25) is 0 Å². The number of ketones is 1. The van der Waals surface area contributed by atoms with Crippen molar-refractivity contribution in [1.29, 1.82) is 0 Å². The van der Waals surface area contributed by atoms with Gasteiger partial charge in [-0.15, -0.1) is 21.5 Å². The van der Waals surface area contributed by atoms with Gasteiger partial charge in [-0.05, 0) is 60.2 Å². The lowest BCUT2D eigenvalue weighted by atomic mass is 9.95. The van der Waals surface area contributed by atoms with Crippen LogP contribution < -0.4 is 9.64 Å². The molecule has 2 aromatic heterocycles. The zero-order chi connectivity index (χ0) is 31.7. The Morgan fingerprint density at radius 3 is 2.60 bits per heavy atom. The molecule has 6 rings (SSSR count). The highest BCUT2D eigenvalue weighted by Crippen LogP contribution is 2.45. The monoisotopic (exact) mass is 656 g/mol. The number of aryl methyl sites for hydroxylation is 2. The number of Topliss-reactive ketones (excluding diaryl/α,β-unsaturated/α-hetero) is 1. The number of thiazole rings is 1. The van der Waals surface area contributed by atoms with Crippen LogP contribution >= 0.6 is 34.4 Å². The molecule has 0 saturated heterocycles. The fourth-order valence-electron chi connectivity index (χ4n) is 5.32. The normalized spacial score (nSPS) is 15.1. The largest absolute Gasteiger partial charge is 0.503 e. The number of aliphatic hydroxyl groups is 1. The third kappa shape index (κ3) is 6.38. The maximum absolute atomic E-state index is 14.0. The Bertz CT molecular complexity index is 1920. The molecule has 1 atom stereocenters. The fraction of sp³-hybridized carbons (Fsp3) is 0.265. The van der Waals surface area contributed by atoms with E-state index in [4.69, 9.17) is 4.74 Å². The first-order valence-electron chi connectivity index (χ1n) is 14.6. The number of aromatic nitrogens is 3. The van der Waals surface area contributed by atoms with Crippen molar-refractivity contribution in [2.75, 3.05) is 11.5 Å². The van der Waals surface area contributed by atoms with Gasteiger partial charge < -0.3 is 9.84 Å². The lowest BCUT2D eigenvalue weighted by Crippen LogP contribution is -2.31. The van der Waals surface area contributed by atoms with E-state index in [0.29, 0.717) is 49.6 Å². The second-order valence-corrected chi connectivity index (χ2v) is 14.6. The van der Waals surface area contributed by atoms with Crippen molar-refractivity contribution in [1.82, 2.24) is 15.2 Å². The van der Waals surface area contributed by atoms with Crippen LogP contribution in [0.5, 0.6) is 5.75 Å². The summed E-state index contributed by atoms with van der Waals surface area (Å²) in [6.07, 6.45) is 0.886. The van der Waals surface area contributed by atoms with Gasteiger partial charge in [0.1, 0.15) is 5.75 Å². The molecule has 11 heteroatoms. The maximum atomic E-state index is 14.0. The molecule has 0 spiro atoms. The number of carbonyl (C=O) groups excluding carboxylic acids is 2. The molecule has 45 heavy (non-hydrogen) atoms. The van der Waals surface area contributed by atoms with E-state index >= 15 is 0 Å². The van der Waals surface area contributed by atoms with Crippen LogP contribution in [0.15, 0.2) is 82.4 Å². The summed E-state index contributed by atoms with van der Waals surface area (Å²) >= 11 is 4.02. The van der Waals surface area contributed by atoms with E-state index in [9.17, 15) is 14.7 Å². The smallest absolute Gasteiger partial charge is 0.296 e. The number of benzene rings is 3. The van der Waals surface area contributed by atoms with Crippen LogP contribution in [0.3, 0.4) is 0 Å². The summed E-state index contributed by atoms with van der Waals surface area (Å²) in [4.78, 5) is 33.9. The molecular weight excluding hydrogens is 625 g/mol. The molecule has 1 unspecified atom stereocenters. The molecule has 230 valence electrons.